The van der Waals surface area contributed by atoms with Crippen LogP contribution in [-0.2, 0) is 12.8 Å². The molecular formula is C17H26N4. The van der Waals surface area contributed by atoms with Gasteiger partial charge in [-0.3, -0.25) is 9.67 Å². The molecule has 114 valence electrons. The first-order valence-electron chi connectivity index (χ1n) is 7.85. The van der Waals surface area contributed by atoms with E-state index in [0.717, 1.165) is 25.8 Å². The minimum absolute atomic E-state index is 0.424. The summed E-state index contributed by atoms with van der Waals surface area (Å²) in [4.78, 5) is 4.07. The highest BCUT2D eigenvalue weighted by atomic mass is 15.3. The Labute approximate surface area is 127 Å². The van der Waals surface area contributed by atoms with Crippen molar-refractivity contribution in [2.45, 2.75) is 52.1 Å². The van der Waals surface area contributed by atoms with Crippen molar-refractivity contribution >= 4 is 0 Å². The first-order valence-corrected chi connectivity index (χ1v) is 7.85. The number of nitrogens with zero attached hydrogens (tertiary/aromatic N) is 3. The van der Waals surface area contributed by atoms with Gasteiger partial charge in [0.15, 0.2) is 0 Å². The summed E-state index contributed by atoms with van der Waals surface area (Å²) in [6, 6.07) is 7.22. The van der Waals surface area contributed by atoms with Gasteiger partial charge in [-0.2, -0.15) is 5.10 Å². The van der Waals surface area contributed by atoms with Gasteiger partial charge in [-0.25, -0.2) is 0 Å². The van der Waals surface area contributed by atoms with Crippen LogP contribution in [0.2, 0.25) is 0 Å². The fourth-order valence-corrected chi connectivity index (χ4v) is 2.48. The topological polar surface area (TPSA) is 42.7 Å². The van der Waals surface area contributed by atoms with E-state index in [9.17, 15) is 0 Å². The third-order valence-electron chi connectivity index (χ3n) is 3.67. The number of aromatic nitrogens is 3. The molecule has 1 unspecified atom stereocenters. The molecule has 1 atom stereocenters. The van der Waals surface area contributed by atoms with E-state index in [4.69, 9.17) is 0 Å². The summed E-state index contributed by atoms with van der Waals surface area (Å²) in [7, 11) is 0. The van der Waals surface area contributed by atoms with Crippen molar-refractivity contribution in [3.05, 3.63) is 48.0 Å². The third-order valence-corrected chi connectivity index (χ3v) is 3.67. The molecule has 4 heteroatoms. The zero-order valence-corrected chi connectivity index (χ0v) is 13.3. The molecule has 0 saturated heterocycles. The molecule has 0 aliphatic carbocycles. The summed E-state index contributed by atoms with van der Waals surface area (Å²) >= 11 is 0. The average molecular weight is 286 g/mol. The smallest absolute Gasteiger partial charge is 0.0640 e. The summed E-state index contributed by atoms with van der Waals surface area (Å²) in [6.07, 6.45) is 8.98. The van der Waals surface area contributed by atoms with Gasteiger partial charge in [-0.15, -0.1) is 0 Å². The van der Waals surface area contributed by atoms with Gasteiger partial charge in [0, 0.05) is 37.1 Å². The van der Waals surface area contributed by atoms with E-state index in [1.54, 1.807) is 0 Å². The van der Waals surface area contributed by atoms with E-state index in [1.807, 2.05) is 17.1 Å². The number of aryl methyl sites for hydroxylation is 1. The maximum atomic E-state index is 4.65. The Morgan fingerprint density at radius 1 is 1.19 bits per heavy atom. The SMILES string of the molecule is CCNC(CCc1ccncc1)Cc1ccn(C(C)C)n1. The molecule has 2 heterocycles. The molecule has 2 aromatic rings. The van der Waals surface area contributed by atoms with Crippen LogP contribution >= 0.6 is 0 Å². The molecule has 4 nitrogen and oxygen atoms in total. The lowest BCUT2D eigenvalue weighted by Gasteiger charge is -2.17. The molecule has 0 bridgehead atoms. The Bertz CT molecular complexity index is 519. The molecule has 2 rings (SSSR count). The molecule has 0 spiro atoms. The van der Waals surface area contributed by atoms with Gasteiger partial charge in [0.1, 0.15) is 0 Å². The highest BCUT2D eigenvalue weighted by molar-refractivity contribution is 5.10. The molecule has 1 N–H and O–H groups in total. The lowest BCUT2D eigenvalue weighted by molar-refractivity contribution is 0.475. The van der Waals surface area contributed by atoms with Gasteiger partial charge in [-0.1, -0.05) is 6.92 Å². The molecule has 0 saturated carbocycles. The molecule has 0 fully saturated rings. The standard InChI is InChI=1S/C17H26N4/c1-4-19-16(6-5-15-7-10-18-11-8-15)13-17-9-12-21(20-17)14(2)3/h7-12,14,16,19H,4-6,13H2,1-3H3. The van der Waals surface area contributed by atoms with Crippen LogP contribution in [0.25, 0.3) is 0 Å². The number of hydrogen-bond acceptors (Lipinski definition) is 3. The minimum atomic E-state index is 0.424. The number of hydrogen-bond donors (Lipinski definition) is 1. The molecule has 0 aromatic carbocycles. The number of pyridine rings is 1. The zero-order valence-electron chi connectivity index (χ0n) is 13.3. The van der Waals surface area contributed by atoms with Gasteiger partial charge in [0.25, 0.3) is 0 Å². The lowest BCUT2D eigenvalue weighted by atomic mass is 10.0. The number of nitrogens with one attached hydrogen (secondary N) is 1. The van der Waals surface area contributed by atoms with E-state index >= 15 is 0 Å². The Morgan fingerprint density at radius 2 is 1.95 bits per heavy atom. The maximum Gasteiger partial charge on any atom is 0.0640 e. The molecule has 2 aromatic heterocycles. The molecule has 0 aliphatic rings. The van der Waals surface area contributed by atoms with E-state index in [0.29, 0.717) is 12.1 Å². The number of rotatable bonds is 8. The van der Waals surface area contributed by atoms with Gasteiger partial charge >= 0.3 is 0 Å². The average Bonchev–Trinajstić information content (AvgIpc) is 2.95. The quantitative estimate of drug-likeness (QED) is 0.811. The van der Waals surface area contributed by atoms with Crippen LogP contribution in [-0.4, -0.2) is 27.4 Å². The van der Waals surface area contributed by atoms with E-state index < -0.39 is 0 Å². The van der Waals surface area contributed by atoms with Crippen LogP contribution < -0.4 is 5.32 Å². The second-order valence-electron chi connectivity index (χ2n) is 5.73. The van der Waals surface area contributed by atoms with E-state index in [-0.39, 0.29) is 0 Å². The Morgan fingerprint density at radius 3 is 2.57 bits per heavy atom. The Hall–Kier alpha value is -1.68. The predicted octanol–water partition coefficient (Wildman–Crippen LogP) is 3.01. The Kier molecular flexibility index (Phi) is 5.93. The molecule has 0 radical (unpaired) electrons. The molecule has 0 aliphatic heterocycles. The van der Waals surface area contributed by atoms with E-state index in [1.165, 1.54) is 11.3 Å². The monoisotopic (exact) mass is 286 g/mol. The highest BCUT2D eigenvalue weighted by Crippen LogP contribution is 2.10. The fourth-order valence-electron chi connectivity index (χ4n) is 2.48. The van der Waals surface area contributed by atoms with Crippen LogP contribution in [0.4, 0.5) is 0 Å². The third kappa shape index (κ3) is 4.97. The van der Waals surface area contributed by atoms with Gasteiger partial charge in [0.05, 0.1) is 5.69 Å². The van der Waals surface area contributed by atoms with Crippen molar-refractivity contribution in [2.75, 3.05) is 6.54 Å². The predicted molar refractivity (Wildman–Crippen MR) is 86.3 cm³/mol. The van der Waals surface area contributed by atoms with Gasteiger partial charge in [-0.05, 0) is 57.0 Å². The summed E-state index contributed by atoms with van der Waals surface area (Å²) in [5.74, 6) is 0. The highest BCUT2D eigenvalue weighted by Gasteiger charge is 2.11. The normalized spacial score (nSPS) is 12.8. The van der Waals surface area contributed by atoms with Crippen LogP contribution in [0.15, 0.2) is 36.8 Å². The molecule has 0 amide bonds. The van der Waals surface area contributed by atoms with Crippen LogP contribution in [0, 0.1) is 0 Å². The fraction of sp³-hybridized carbons (Fsp3) is 0.529. The minimum Gasteiger partial charge on any atom is -0.314 e. The zero-order chi connectivity index (χ0) is 15.1. The van der Waals surface area contributed by atoms with Crippen LogP contribution in [0.3, 0.4) is 0 Å². The van der Waals surface area contributed by atoms with Crippen molar-refractivity contribution in [3.63, 3.8) is 0 Å². The van der Waals surface area contributed by atoms with E-state index in [2.05, 4.69) is 60.6 Å². The summed E-state index contributed by atoms with van der Waals surface area (Å²) in [5.41, 5.74) is 2.52. The summed E-state index contributed by atoms with van der Waals surface area (Å²) in [5, 5.41) is 8.23. The lowest BCUT2D eigenvalue weighted by Crippen LogP contribution is -2.31. The van der Waals surface area contributed by atoms with Crippen molar-refractivity contribution < 1.29 is 0 Å². The largest absolute Gasteiger partial charge is 0.314 e. The van der Waals surface area contributed by atoms with Gasteiger partial charge < -0.3 is 5.32 Å². The van der Waals surface area contributed by atoms with Crippen molar-refractivity contribution in [1.29, 1.82) is 0 Å². The van der Waals surface area contributed by atoms with Crippen molar-refractivity contribution in [3.8, 4) is 0 Å². The number of likely N-dealkylation sites (N-methyl/N-ethyl adjacent to an activating group) is 1. The van der Waals surface area contributed by atoms with Crippen molar-refractivity contribution in [1.82, 2.24) is 20.1 Å². The van der Waals surface area contributed by atoms with Crippen LogP contribution in [0.5, 0.6) is 0 Å². The molecular weight excluding hydrogens is 260 g/mol. The second kappa shape index (κ2) is 7.93. The second-order valence-corrected chi connectivity index (χ2v) is 5.73. The first-order chi connectivity index (χ1) is 10.2. The first kappa shape index (κ1) is 15.7. The van der Waals surface area contributed by atoms with Crippen LogP contribution in [0.1, 0.15) is 44.5 Å². The van der Waals surface area contributed by atoms with Crippen molar-refractivity contribution in [2.24, 2.45) is 0 Å². The van der Waals surface area contributed by atoms with Gasteiger partial charge in [0.2, 0.25) is 0 Å². The summed E-state index contributed by atoms with van der Waals surface area (Å²) < 4.78 is 2.03. The Balaban J connectivity index is 1.91. The summed E-state index contributed by atoms with van der Waals surface area (Å²) in [6.45, 7) is 7.46. The maximum absolute atomic E-state index is 4.65. The molecule has 21 heavy (non-hydrogen) atoms.